The summed E-state index contributed by atoms with van der Waals surface area (Å²) in [6.07, 6.45) is 1.16. The highest BCUT2D eigenvalue weighted by molar-refractivity contribution is 5.70. The minimum atomic E-state index is -0.164. The van der Waals surface area contributed by atoms with Crippen LogP contribution in [0.2, 0.25) is 0 Å². The lowest BCUT2D eigenvalue weighted by atomic mass is 10.1. The summed E-state index contributed by atoms with van der Waals surface area (Å²) in [5.74, 6) is 0.542. The number of benzene rings is 1. The SMILES string of the molecule is CC(C)=C(C)OC(=O)CCc1ccccc1. The van der Waals surface area contributed by atoms with E-state index in [0.717, 1.165) is 17.6 Å². The number of carbonyl (C=O) groups excluding carboxylic acids is 1. The third-order valence-electron chi connectivity index (χ3n) is 2.43. The van der Waals surface area contributed by atoms with E-state index in [2.05, 4.69) is 0 Å². The van der Waals surface area contributed by atoms with Gasteiger partial charge in [0.25, 0.3) is 0 Å². The van der Waals surface area contributed by atoms with Gasteiger partial charge in [-0.15, -0.1) is 0 Å². The molecule has 0 radical (unpaired) electrons. The van der Waals surface area contributed by atoms with E-state index >= 15 is 0 Å². The summed E-state index contributed by atoms with van der Waals surface area (Å²) < 4.78 is 5.17. The van der Waals surface area contributed by atoms with Gasteiger partial charge in [0.2, 0.25) is 0 Å². The average molecular weight is 218 g/mol. The molecule has 0 aliphatic rings. The maximum atomic E-state index is 11.5. The van der Waals surface area contributed by atoms with Crippen LogP contribution >= 0.6 is 0 Å². The van der Waals surface area contributed by atoms with Gasteiger partial charge >= 0.3 is 5.97 Å². The first-order valence-electron chi connectivity index (χ1n) is 5.48. The van der Waals surface area contributed by atoms with Crippen LogP contribution in [0.3, 0.4) is 0 Å². The largest absolute Gasteiger partial charge is 0.431 e. The van der Waals surface area contributed by atoms with Crippen LogP contribution in [0, 0.1) is 0 Å². The molecule has 0 amide bonds. The van der Waals surface area contributed by atoms with Crippen molar-refractivity contribution < 1.29 is 9.53 Å². The number of allylic oxidation sites excluding steroid dienone is 2. The van der Waals surface area contributed by atoms with Crippen LogP contribution in [0.5, 0.6) is 0 Å². The van der Waals surface area contributed by atoms with Gasteiger partial charge in [-0.3, -0.25) is 4.79 Å². The van der Waals surface area contributed by atoms with E-state index in [9.17, 15) is 4.79 Å². The number of carbonyl (C=O) groups is 1. The predicted molar refractivity (Wildman–Crippen MR) is 64.9 cm³/mol. The molecule has 0 saturated heterocycles. The van der Waals surface area contributed by atoms with E-state index in [1.165, 1.54) is 0 Å². The fourth-order valence-corrected chi connectivity index (χ4v) is 1.21. The molecular formula is C14H18O2. The fourth-order valence-electron chi connectivity index (χ4n) is 1.21. The number of rotatable bonds is 4. The van der Waals surface area contributed by atoms with E-state index in [4.69, 9.17) is 4.74 Å². The molecule has 0 aliphatic carbocycles. The van der Waals surface area contributed by atoms with Crippen LogP contribution in [0.25, 0.3) is 0 Å². The summed E-state index contributed by atoms with van der Waals surface area (Å²) in [6, 6.07) is 9.95. The maximum Gasteiger partial charge on any atom is 0.311 e. The molecule has 0 unspecified atom stereocenters. The molecule has 1 aromatic rings. The topological polar surface area (TPSA) is 26.3 Å². The van der Waals surface area contributed by atoms with Crippen molar-refractivity contribution in [3.63, 3.8) is 0 Å². The molecule has 86 valence electrons. The van der Waals surface area contributed by atoms with E-state index in [-0.39, 0.29) is 5.97 Å². The average Bonchev–Trinajstić information content (AvgIpc) is 2.27. The van der Waals surface area contributed by atoms with Crippen molar-refractivity contribution in [1.29, 1.82) is 0 Å². The number of aryl methyl sites for hydroxylation is 1. The molecular weight excluding hydrogens is 200 g/mol. The molecule has 0 heterocycles. The van der Waals surface area contributed by atoms with Crippen LogP contribution in [-0.2, 0) is 16.0 Å². The third kappa shape index (κ3) is 4.30. The van der Waals surface area contributed by atoms with E-state index in [0.29, 0.717) is 12.2 Å². The summed E-state index contributed by atoms with van der Waals surface area (Å²) in [4.78, 5) is 11.5. The molecule has 0 atom stereocenters. The summed E-state index contributed by atoms with van der Waals surface area (Å²) in [6.45, 7) is 5.68. The zero-order valence-corrected chi connectivity index (χ0v) is 10.1. The van der Waals surface area contributed by atoms with Gasteiger partial charge in [0.15, 0.2) is 0 Å². The van der Waals surface area contributed by atoms with E-state index in [1.807, 2.05) is 51.1 Å². The van der Waals surface area contributed by atoms with Gasteiger partial charge in [-0.1, -0.05) is 30.3 Å². The third-order valence-corrected chi connectivity index (χ3v) is 2.43. The van der Waals surface area contributed by atoms with Gasteiger partial charge < -0.3 is 4.74 Å². The lowest BCUT2D eigenvalue weighted by molar-refractivity contribution is -0.139. The quantitative estimate of drug-likeness (QED) is 0.571. The smallest absolute Gasteiger partial charge is 0.311 e. The standard InChI is InChI=1S/C14H18O2/c1-11(2)12(3)16-14(15)10-9-13-7-5-4-6-8-13/h4-8H,9-10H2,1-3H3. The number of hydrogen-bond acceptors (Lipinski definition) is 2. The highest BCUT2D eigenvalue weighted by atomic mass is 16.5. The molecule has 0 saturated carbocycles. The maximum absolute atomic E-state index is 11.5. The van der Waals surface area contributed by atoms with Gasteiger partial charge in [0.05, 0.1) is 0 Å². The molecule has 0 fully saturated rings. The Morgan fingerprint density at radius 2 is 1.75 bits per heavy atom. The Morgan fingerprint density at radius 1 is 1.12 bits per heavy atom. The van der Waals surface area contributed by atoms with Gasteiger partial charge in [0, 0.05) is 6.42 Å². The molecule has 0 aromatic heterocycles. The van der Waals surface area contributed by atoms with Gasteiger partial charge in [-0.2, -0.15) is 0 Å². The first kappa shape index (κ1) is 12.5. The zero-order valence-electron chi connectivity index (χ0n) is 10.1. The zero-order chi connectivity index (χ0) is 12.0. The molecule has 2 heteroatoms. The lowest BCUT2D eigenvalue weighted by Gasteiger charge is -2.06. The Hall–Kier alpha value is -1.57. The summed E-state index contributed by atoms with van der Waals surface area (Å²) >= 11 is 0. The lowest BCUT2D eigenvalue weighted by Crippen LogP contribution is -2.05. The Labute approximate surface area is 96.9 Å². The van der Waals surface area contributed by atoms with Crippen LogP contribution in [-0.4, -0.2) is 5.97 Å². The van der Waals surface area contributed by atoms with Gasteiger partial charge in [-0.25, -0.2) is 0 Å². The molecule has 0 bridgehead atoms. The summed E-state index contributed by atoms with van der Waals surface area (Å²) in [5, 5.41) is 0. The fraction of sp³-hybridized carbons (Fsp3) is 0.357. The highest BCUT2D eigenvalue weighted by Gasteiger charge is 2.05. The highest BCUT2D eigenvalue weighted by Crippen LogP contribution is 2.08. The van der Waals surface area contributed by atoms with Gasteiger partial charge in [-0.05, 0) is 38.3 Å². The number of ether oxygens (including phenoxy) is 1. The Bertz CT molecular complexity index is 373. The molecule has 1 rings (SSSR count). The van der Waals surface area contributed by atoms with Crippen LogP contribution in [0.4, 0.5) is 0 Å². The number of hydrogen-bond donors (Lipinski definition) is 0. The van der Waals surface area contributed by atoms with Crippen molar-refractivity contribution in [2.24, 2.45) is 0 Å². The van der Waals surface area contributed by atoms with Crippen molar-refractivity contribution in [1.82, 2.24) is 0 Å². The summed E-state index contributed by atoms with van der Waals surface area (Å²) in [5.41, 5.74) is 2.20. The minimum absolute atomic E-state index is 0.164. The first-order chi connectivity index (χ1) is 7.59. The first-order valence-corrected chi connectivity index (χ1v) is 5.48. The normalized spacial score (nSPS) is 9.69. The van der Waals surface area contributed by atoms with Crippen molar-refractivity contribution in [2.45, 2.75) is 33.6 Å². The molecule has 0 N–H and O–H groups in total. The Morgan fingerprint density at radius 3 is 2.31 bits per heavy atom. The van der Waals surface area contributed by atoms with Crippen molar-refractivity contribution >= 4 is 5.97 Å². The van der Waals surface area contributed by atoms with Gasteiger partial charge in [0.1, 0.15) is 5.76 Å². The Kier molecular flexibility index (Phi) is 4.77. The molecule has 0 spiro atoms. The van der Waals surface area contributed by atoms with Crippen molar-refractivity contribution in [3.8, 4) is 0 Å². The number of esters is 1. The molecule has 16 heavy (non-hydrogen) atoms. The molecule has 0 aliphatic heterocycles. The van der Waals surface area contributed by atoms with Crippen LogP contribution < -0.4 is 0 Å². The van der Waals surface area contributed by atoms with Crippen LogP contribution in [0.15, 0.2) is 41.7 Å². The van der Waals surface area contributed by atoms with Crippen molar-refractivity contribution in [2.75, 3.05) is 0 Å². The predicted octanol–water partition coefficient (Wildman–Crippen LogP) is 3.48. The second-order valence-electron chi connectivity index (χ2n) is 4.02. The van der Waals surface area contributed by atoms with E-state index < -0.39 is 0 Å². The van der Waals surface area contributed by atoms with Crippen molar-refractivity contribution in [3.05, 3.63) is 47.2 Å². The second-order valence-corrected chi connectivity index (χ2v) is 4.02. The molecule has 1 aromatic carbocycles. The Balaban J connectivity index is 2.40. The monoisotopic (exact) mass is 218 g/mol. The van der Waals surface area contributed by atoms with Crippen LogP contribution in [0.1, 0.15) is 32.8 Å². The minimum Gasteiger partial charge on any atom is -0.431 e. The van der Waals surface area contributed by atoms with E-state index in [1.54, 1.807) is 0 Å². The summed E-state index contributed by atoms with van der Waals surface area (Å²) in [7, 11) is 0. The second kappa shape index (κ2) is 6.11. The molecule has 2 nitrogen and oxygen atoms in total.